The highest BCUT2D eigenvalue weighted by molar-refractivity contribution is 5.78. The maximum Gasteiger partial charge on any atom is 0.222 e. The van der Waals surface area contributed by atoms with Crippen molar-refractivity contribution in [1.29, 1.82) is 0 Å². The summed E-state index contributed by atoms with van der Waals surface area (Å²) in [4.78, 5) is 11.6. The number of hydrogen-bond acceptors (Lipinski definition) is 2. The summed E-state index contributed by atoms with van der Waals surface area (Å²) in [7, 11) is 0. The Morgan fingerprint density at radius 2 is 1.93 bits per heavy atom. The Morgan fingerprint density at radius 1 is 1.27 bits per heavy atom. The van der Waals surface area contributed by atoms with Crippen molar-refractivity contribution in [2.45, 2.75) is 53.0 Å². The number of hydrogen-bond donors (Lipinski definition) is 2. The summed E-state index contributed by atoms with van der Waals surface area (Å²) in [5.41, 5.74) is 0. The van der Waals surface area contributed by atoms with Gasteiger partial charge in [0.05, 0.1) is 0 Å². The Hall–Kier alpha value is -0.570. The Morgan fingerprint density at radius 3 is 2.40 bits per heavy atom. The van der Waals surface area contributed by atoms with Gasteiger partial charge in [-0.25, -0.2) is 0 Å². The Kier molecular flexibility index (Phi) is 8.38. The highest BCUT2D eigenvalue weighted by Crippen LogP contribution is 2.04. The Balaban J connectivity index is 3.76. The third kappa shape index (κ3) is 6.50. The van der Waals surface area contributed by atoms with Gasteiger partial charge >= 0.3 is 0 Å². The lowest BCUT2D eigenvalue weighted by Gasteiger charge is -2.18. The summed E-state index contributed by atoms with van der Waals surface area (Å²) >= 11 is 0. The molecule has 0 fully saturated rings. The normalized spacial score (nSPS) is 14.7. The number of carbonyl (C=O) groups excluding carboxylic acids is 1. The van der Waals surface area contributed by atoms with E-state index >= 15 is 0 Å². The molecule has 2 atom stereocenters. The molecule has 0 aromatic heterocycles. The molecule has 0 saturated carbocycles. The first-order valence-electron chi connectivity index (χ1n) is 6.16. The molecule has 3 heteroatoms. The molecule has 3 nitrogen and oxygen atoms in total. The van der Waals surface area contributed by atoms with Crippen molar-refractivity contribution in [2.24, 2.45) is 5.92 Å². The second kappa shape index (κ2) is 8.72. The second-order valence-electron chi connectivity index (χ2n) is 4.10. The minimum absolute atomic E-state index is 0.147. The van der Waals surface area contributed by atoms with E-state index in [1.807, 2.05) is 6.92 Å². The van der Waals surface area contributed by atoms with Crippen LogP contribution < -0.4 is 10.6 Å². The van der Waals surface area contributed by atoms with Gasteiger partial charge in [0.15, 0.2) is 0 Å². The summed E-state index contributed by atoms with van der Waals surface area (Å²) in [5, 5.41) is 6.35. The highest BCUT2D eigenvalue weighted by Gasteiger charge is 2.12. The number of rotatable bonds is 8. The van der Waals surface area contributed by atoms with Crippen molar-refractivity contribution >= 4 is 5.91 Å². The van der Waals surface area contributed by atoms with Crippen molar-refractivity contribution in [3.63, 3.8) is 0 Å². The number of nitrogens with one attached hydrogen (secondary N) is 2. The van der Waals surface area contributed by atoms with E-state index in [0.717, 1.165) is 32.4 Å². The number of likely N-dealkylation sites (N-methyl/N-ethyl adjacent to an activating group) is 1. The molecule has 1 amide bonds. The minimum Gasteiger partial charge on any atom is -0.354 e. The smallest absolute Gasteiger partial charge is 0.222 e. The van der Waals surface area contributed by atoms with Crippen LogP contribution in [0, 0.1) is 5.92 Å². The van der Waals surface area contributed by atoms with E-state index in [4.69, 9.17) is 0 Å². The van der Waals surface area contributed by atoms with Gasteiger partial charge in [-0.1, -0.05) is 34.1 Å². The SMILES string of the molecule is CCCC(C)C(=O)NCC(CC)NCC. The second-order valence-corrected chi connectivity index (χ2v) is 4.10. The topological polar surface area (TPSA) is 41.1 Å². The molecule has 2 unspecified atom stereocenters. The van der Waals surface area contributed by atoms with E-state index in [2.05, 4.69) is 31.4 Å². The fourth-order valence-electron chi connectivity index (χ4n) is 1.61. The van der Waals surface area contributed by atoms with Gasteiger partial charge in [0.25, 0.3) is 0 Å². The minimum atomic E-state index is 0.147. The largest absolute Gasteiger partial charge is 0.354 e. The molecule has 0 spiro atoms. The monoisotopic (exact) mass is 214 g/mol. The standard InChI is InChI=1S/C12H26N2O/c1-5-8-10(4)12(15)14-9-11(6-2)13-7-3/h10-11,13H,5-9H2,1-4H3,(H,14,15). The van der Waals surface area contributed by atoms with E-state index in [-0.39, 0.29) is 11.8 Å². The zero-order chi connectivity index (χ0) is 11.7. The van der Waals surface area contributed by atoms with Gasteiger partial charge in [0.2, 0.25) is 5.91 Å². The zero-order valence-electron chi connectivity index (χ0n) is 10.6. The average molecular weight is 214 g/mol. The Bertz CT molecular complexity index is 171. The molecule has 2 N–H and O–H groups in total. The van der Waals surface area contributed by atoms with Crippen LogP contribution in [0.5, 0.6) is 0 Å². The summed E-state index contributed by atoms with van der Waals surface area (Å²) < 4.78 is 0. The van der Waals surface area contributed by atoms with Crippen LogP contribution in [-0.4, -0.2) is 25.0 Å². The predicted molar refractivity (Wildman–Crippen MR) is 64.8 cm³/mol. The number of carbonyl (C=O) groups is 1. The lowest BCUT2D eigenvalue weighted by molar-refractivity contribution is -0.124. The summed E-state index contributed by atoms with van der Waals surface area (Å²) in [6.07, 6.45) is 3.10. The van der Waals surface area contributed by atoms with Crippen molar-refractivity contribution in [3.05, 3.63) is 0 Å². The Labute approximate surface area is 94.0 Å². The van der Waals surface area contributed by atoms with Crippen LogP contribution >= 0.6 is 0 Å². The average Bonchev–Trinajstić information content (AvgIpc) is 2.24. The maximum atomic E-state index is 11.6. The van der Waals surface area contributed by atoms with Gasteiger partial charge < -0.3 is 10.6 Å². The van der Waals surface area contributed by atoms with Gasteiger partial charge in [-0.3, -0.25) is 4.79 Å². The first-order chi connectivity index (χ1) is 7.15. The molecule has 0 rings (SSSR count). The van der Waals surface area contributed by atoms with Crippen LogP contribution in [-0.2, 0) is 4.79 Å². The van der Waals surface area contributed by atoms with Crippen LogP contribution in [0.3, 0.4) is 0 Å². The third-order valence-electron chi connectivity index (χ3n) is 2.68. The van der Waals surface area contributed by atoms with E-state index in [1.165, 1.54) is 0 Å². The van der Waals surface area contributed by atoms with Crippen molar-refractivity contribution in [3.8, 4) is 0 Å². The summed E-state index contributed by atoms with van der Waals surface area (Å²) in [6.45, 7) is 10.0. The molecule has 0 aliphatic rings. The molecule has 0 heterocycles. The lowest BCUT2D eigenvalue weighted by Crippen LogP contribution is -2.42. The van der Waals surface area contributed by atoms with E-state index in [9.17, 15) is 4.79 Å². The molecule has 0 bridgehead atoms. The van der Waals surface area contributed by atoms with E-state index < -0.39 is 0 Å². The van der Waals surface area contributed by atoms with Crippen LogP contribution in [0.25, 0.3) is 0 Å². The van der Waals surface area contributed by atoms with Gasteiger partial charge in [-0.2, -0.15) is 0 Å². The molecular formula is C12H26N2O. The molecule has 0 aromatic carbocycles. The molecular weight excluding hydrogens is 188 g/mol. The van der Waals surface area contributed by atoms with Crippen molar-refractivity contribution in [1.82, 2.24) is 10.6 Å². The fraction of sp³-hybridized carbons (Fsp3) is 0.917. The molecule has 0 aromatic rings. The highest BCUT2D eigenvalue weighted by atomic mass is 16.1. The van der Waals surface area contributed by atoms with Crippen molar-refractivity contribution < 1.29 is 4.79 Å². The number of amides is 1. The fourth-order valence-corrected chi connectivity index (χ4v) is 1.61. The lowest BCUT2D eigenvalue weighted by atomic mass is 10.1. The first-order valence-corrected chi connectivity index (χ1v) is 6.16. The molecule has 0 saturated heterocycles. The molecule has 0 radical (unpaired) electrons. The predicted octanol–water partition coefficient (Wildman–Crippen LogP) is 1.93. The zero-order valence-corrected chi connectivity index (χ0v) is 10.6. The maximum absolute atomic E-state index is 11.6. The van der Waals surface area contributed by atoms with Gasteiger partial charge in [-0.05, 0) is 19.4 Å². The first kappa shape index (κ1) is 14.4. The van der Waals surface area contributed by atoms with Gasteiger partial charge in [0.1, 0.15) is 0 Å². The van der Waals surface area contributed by atoms with Gasteiger partial charge in [0, 0.05) is 18.5 Å². The van der Waals surface area contributed by atoms with Gasteiger partial charge in [-0.15, -0.1) is 0 Å². The van der Waals surface area contributed by atoms with E-state index in [1.54, 1.807) is 0 Å². The molecule has 0 aliphatic carbocycles. The molecule has 0 aliphatic heterocycles. The molecule has 15 heavy (non-hydrogen) atoms. The van der Waals surface area contributed by atoms with Crippen LogP contribution in [0.4, 0.5) is 0 Å². The molecule has 90 valence electrons. The van der Waals surface area contributed by atoms with E-state index in [0.29, 0.717) is 6.04 Å². The summed E-state index contributed by atoms with van der Waals surface area (Å²) in [5.74, 6) is 0.335. The van der Waals surface area contributed by atoms with Crippen LogP contribution in [0.15, 0.2) is 0 Å². The quantitative estimate of drug-likeness (QED) is 0.648. The van der Waals surface area contributed by atoms with Crippen LogP contribution in [0.2, 0.25) is 0 Å². The summed E-state index contributed by atoms with van der Waals surface area (Å²) in [6, 6.07) is 0.410. The third-order valence-corrected chi connectivity index (χ3v) is 2.68. The van der Waals surface area contributed by atoms with Crippen molar-refractivity contribution in [2.75, 3.05) is 13.1 Å². The van der Waals surface area contributed by atoms with Crippen LogP contribution in [0.1, 0.15) is 47.0 Å².